The molecule has 6 nitrogen and oxygen atoms in total. The van der Waals surface area contributed by atoms with Crippen LogP contribution in [0.1, 0.15) is 62.7 Å². The van der Waals surface area contributed by atoms with Crippen LogP contribution in [0.5, 0.6) is 5.75 Å². The molecule has 0 aliphatic carbocycles. The number of aliphatic imine (C=N–C) groups is 1. The van der Waals surface area contributed by atoms with Gasteiger partial charge in [0.2, 0.25) is 0 Å². The number of guanidine groups is 1. The number of hydrogen-bond donors (Lipinski definition) is 2. The van der Waals surface area contributed by atoms with Gasteiger partial charge in [0.05, 0.1) is 12.2 Å². The average Bonchev–Trinajstić information content (AvgIpc) is 2.86. The first-order valence-corrected chi connectivity index (χ1v) is 10.8. The van der Waals surface area contributed by atoms with Crippen LogP contribution < -0.4 is 15.4 Å². The Morgan fingerprint density at radius 2 is 1.93 bits per heavy atom. The molecule has 0 spiro atoms. The largest absolute Gasteiger partial charge is 0.488 e. The van der Waals surface area contributed by atoms with Crippen LogP contribution >= 0.6 is 0 Å². The summed E-state index contributed by atoms with van der Waals surface area (Å²) in [6, 6.07) is 6.53. The van der Waals surface area contributed by atoms with Crippen molar-refractivity contribution in [1.29, 1.82) is 0 Å². The quantitative estimate of drug-likeness (QED) is 0.527. The molecule has 0 saturated heterocycles. The lowest BCUT2D eigenvalue weighted by Crippen LogP contribution is -2.43. The summed E-state index contributed by atoms with van der Waals surface area (Å²) in [5.41, 5.74) is 5.62. The molecule has 0 aliphatic rings. The molecule has 2 rings (SSSR count). The van der Waals surface area contributed by atoms with Gasteiger partial charge in [-0.1, -0.05) is 12.1 Å². The van der Waals surface area contributed by atoms with Gasteiger partial charge in [-0.2, -0.15) is 5.10 Å². The van der Waals surface area contributed by atoms with Crippen LogP contribution in [0.2, 0.25) is 0 Å². The van der Waals surface area contributed by atoms with E-state index in [1.165, 1.54) is 16.8 Å². The lowest BCUT2D eigenvalue weighted by atomic mass is 10.1. The summed E-state index contributed by atoms with van der Waals surface area (Å²) < 4.78 is 8.12. The molecular formula is C24H39N5O. The summed E-state index contributed by atoms with van der Waals surface area (Å²) in [7, 11) is 1.99. The van der Waals surface area contributed by atoms with Crippen molar-refractivity contribution in [3.8, 4) is 5.75 Å². The normalized spacial score (nSPS) is 13.3. The van der Waals surface area contributed by atoms with E-state index in [1.54, 1.807) is 0 Å². The van der Waals surface area contributed by atoms with Crippen molar-refractivity contribution in [2.24, 2.45) is 12.0 Å². The molecule has 0 radical (unpaired) electrons. The molecule has 0 saturated carbocycles. The minimum absolute atomic E-state index is 0.229. The van der Waals surface area contributed by atoms with Crippen molar-refractivity contribution in [3.63, 3.8) is 0 Å². The Bertz CT molecular complexity index is 876. The van der Waals surface area contributed by atoms with Crippen LogP contribution in [0.15, 0.2) is 23.2 Å². The lowest BCUT2D eigenvalue weighted by molar-refractivity contribution is 0.129. The first-order chi connectivity index (χ1) is 14.0. The van der Waals surface area contributed by atoms with E-state index < -0.39 is 0 Å². The number of aromatic nitrogens is 2. The van der Waals surface area contributed by atoms with Gasteiger partial charge in [0.15, 0.2) is 5.96 Å². The molecule has 2 aromatic rings. The SMILES string of the molecule is CCNC(=NCc1ccc(C)cc1OC(C)(C)C)NC(C)Cc1c(C)nn(C)c1C. The zero-order valence-corrected chi connectivity index (χ0v) is 20.2. The highest BCUT2D eigenvalue weighted by Crippen LogP contribution is 2.25. The first kappa shape index (κ1) is 23.8. The minimum Gasteiger partial charge on any atom is -0.488 e. The molecule has 1 heterocycles. The van der Waals surface area contributed by atoms with Crippen molar-refractivity contribution >= 4 is 5.96 Å². The number of nitrogens with one attached hydrogen (secondary N) is 2. The second kappa shape index (κ2) is 10.0. The average molecular weight is 414 g/mol. The summed E-state index contributed by atoms with van der Waals surface area (Å²) in [6.45, 7) is 18.1. The number of rotatable bonds is 7. The summed E-state index contributed by atoms with van der Waals surface area (Å²) in [5.74, 6) is 1.71. The predicted octanol–water partition coefficient (Wildman–Crippen LogP) is 4.21. The van der Waals surface area contributed by atoms with Gasteiger partial charge in [0.25, 0.3) is 0 Å². The van der Waals surface area contributed by atoms with Crippen molar-refractivity contribution in [2.45, 2.75) is 80.0 Å². The summed E-state index contributed by atoms with van der Waals surface area (Å²) in [5, 5.41) is 11.4. The maximum atomic E-state index is 6.18. The molecule has 0 fully saturated rings. The van der Waals surface area contributed by atoms with E-state index in [9.17, 15) is 0 Å². The van der Waals surface area contributed by atoms with Crippen LogP contribution in [0.25, 0.3) is 0 Å². The highest BCUT2D eigenvalue weighted by Gasteiger charge is 2.16. The van der Waals surface area contributed by atoms with Gasteiger partial charge in [-0.3, -0.25) is 4.68 Å². The number of hydrogen-bond acceptors (Lipinski definition) is 3. The molecule has 1 unspecified atom stereocenters. The monoisotopic (exact) mass is 413 g/mol. The molecule has 6 heteroatoms. The van der Waals surface area contributed by atoms with Gasteiger partial charge in [-0.25, -0.2) is 4.99 Å². The van der Waals surface area contributed by atoms with Crippen LogP contribution in [0.3, 0.4) is 0 Å². The van der Waals surface area contributed by atoms with Crippen molar-refractivity contribution in [3.05, 3.63) is 46.3 Å². The minimum atomic E-state index is -0.247. The third-order valence-electron chi connectivity index (χ3n) is 4.94. The molecular weight excluding hydrogens is 374 g/mol. The maximum Gasteiger partial charge on any atom is 0.191 e. The molecule has 1 aromatic heterocycles. The van der Waals surface area contributed by atoms with Gasteiger partial charge in [0.1, 0.15) is 11.4 Å². The smallest absolute Gasteiger partial charge is 0.191 e. The van der Waals surface area contributed by atoms with Gasteiger partial charge in [0, 0.05) is 30.9 Å². The number of ether oxygens (including phenoxy) is 1. The van der Waals surface area contributed by atoms with Crippen LogP contribution in [-0.4, -0.2) is 33.9 Å². The fourth-order valence-electron chi connectivity index (χ4n) is 3.41. The molecule has 2 N–H and O–H groups in total. The summed E-state index contributed by atoms with van der Waals surface area (Å²) >= 11 is 0. The summed E-state index contributed by atoms with van der Waals surface area (Å²) in [6.07, 6.45) is 0.902. The van der Waals surface area contributed by atoms with E-state index in [4.69, 9.17) is 9.73 Å². The van der Waals surface area contributed by atoms with Crippen LogP contribution in [0.4, 0.5) is 0 Å². The molecule has 0 bridgehead atoms. The second-order valence-corrected chi connectivity index (χ2v) is 9.04. The van der Waals surface area contributed by atoms with E-state index in [1.807, 2.05) is 11.7 Å². The number of benzene rings is 1. The van der Waals surface area contributed by atoms with E-state index in [-0.39, 0.29) is 11.6 Å². The third kappa shape index (κ3) is 6.78. The zero-order chi connectivity index (χ0) is 22.5. The number of aryl methyl sites for hydroxylation is 3. The third-order valence-corrected chi connectivity index (χ3v) is 4.94. The van der Waals surface area contributed by atoms with E-state index in [0.29, 0.717) is 6.54 Å². The highest BCUT2D eigenvalue weighted by atomic mass is 16.5. The Balaban J connectivity index is 2.14. The van der Waals surface area contributed by atoms with Crippen LogP contribution in [0, 0.1) is 20.8 Å². The van der Waals surface area contributed by atoms with Gasteiger partial charge >= 0.3 is 0 Å². The van der Waals surface area contributed by atoms with Gasteiger partial charge in [-0.15, -0.1) is 0 Å². The van der Waals surface area contributed by atoms with E-state index in [0.717, 1.165) is 35.9 Å². The standard InChI is InChI=1S/C24H39N5O/c1-10-25-23(27-17(3)14-21-18(4)28-29(9)19(21)5)26-15-20-12-11-16(2)13-22(20)30-24(6,7)8/h11-13,17H,10,14-15H2,1-9H3,(H2,25,26,27). The zero-order valence-electron chi connectivity index (χ0n) is 20.2. The maximum absolute atomic E-state index is 6.18. The molecule has 0 amide bonds. The van der Waals surface area contributed by atoms with Crippen molar-refractivity contribution < 1.29 is 4.74 Å². The fourth-order valence-corrected chi connectivity index (χ4v) is 3.41. The highest BCUT2D eigenvalue weighted by molar-refractivity contribution is 5.80. The lowest BCUT2D eigenvalue weighted by Gasteiger charge is -2.23. The predicted molar refractivity (Wildman–Crippen MR) is 125 cm³/mol. The Labute approximate surface area is 182 Å². The molecule has 30 heavy (non-hydrogen) atoms. The van der Waals surface area contributed by atoms with Crippen molar-refractivity contribution in [2.75, 3.05) is 6.54 Å². The van der Waals surface area contributed by atoms with Gasteiger partial charge in [-0.05, 0) is 79.0 Å². The molecule has 166 valence electrons. The van der Waals surface area contributed by atoms with E-state index >= 15 is 0 Å². The topological polar surface area (TPSA) is 63.5 Å². The number of nitrogens with zero attached hydrogens (tertiary/aromatic N) is 3. The Hall–Kier alpha value is -2.50. The Kier molecular flexibility index (Phi) is 7.93. The van der Waals surface area contributed by atoms with Crippen molar-refractivity contribution in [1.82, 2.24) is 20.4 Å². The van der Waals surface area contributed by atoms with Gasteiger partial charge < -0.3 is 15.4 Å². The van der Waals surface area contributed by atoms with Crippen LogP contribution in [-0.2, 0) is 20.0 Å². The fraction of sp³-hybridized carbons (Fsp3) is 0.583. The first-order valence-electron chi connectivity index (χ1n) is 10.8. The van der Waals surface area contributed by atoms with E-state index in [2.05, 4.69) is 89.3 Å². The second-order valence-electron chi connectivity index (χ2n) is 9.04. The molecule has 0 aliphatic heterocycles. The molecule has 1 aromatic carbocycles. The molecule has 1 atom stereocenters. The Morgan fingerprint density at radius 1 is 1.23 bits per heavy atom. The Morgan fingerprint density at radius 3 is 2.50 bits per heavy atom. The summed E-state index contributed by atoms with van der Waals surface area (Å²) in [4.78, 5) is 4.83.